The fourth-order valence-electron chi connectivity index (χ4n) is 7.03. The van der Waals surface area contributed by atoms with Crippen LogP contribution in [0.4, 0.5) is 0 Å². The van der Waals surface area contributed by atoms with Gasteiger partial charge in [0.05, 0.1) is 16.6 Å². The molecular formula is C31H33N. The van der Waals surface area contributed by atoms with Crippen molar-refractivity contribution in [1.82, 2.24) is 4.40 Å². The molecular weight excluding hydrogens is 386 g/mol. The number of benzene rings is 3. The van der Waals surface area contributed by atoms with Crippen molar-refractivity contribution < 1.29 is 0 Å². The van der Waals surface area contributed by atoms with Gasteiger partial charge in [0.1, 0.15) is 0 Å². The molecule has 0 unspecified atom stereocenters. The molecule has 5 aromatic rings. The van der Waals surface area contributed by atoms with Gasteiger partial charge in [0.25, 0.3) is 0 Å². The van der Waals surface area contributed by atoms with Crippen molar-refractivity contribution in [2.45, 2.75) is 83.5 Å². The Balaban J connectivity index is 1.69. The largest absolute Gasteiger partial charge is 0.308 e. The molecule has 0 amide bonds. The van der Waals surface area contributed by atoms with Crippen LogP contribution in [0.3, 0.4) is 0 Å². The van der Waals surface area contributed by atoms with Crippen molar-refractivity contribution in [3.8, 4) is 0 Å². The first-order valence-electron chi connectivity index (χ1n) is 13.2. The number of para-hydroxylation sites is 1. The van der Waals surface area contributed by atoms with Gasteiger partial charge in [-0.05, 0) is 91.8 Å². The zero-order chi connectivity index (χ0) is 21.1. The lowest BCUT2D eigenvalue weighted by Crippen LogP contribution is -2.01. The first-order chi connectivity index (χ1) is 15.9. The minimum atomic E-state index is 1.25. The normalized spacial score (nSPS) is 18.2. The summed E-state index contributed by atoms with van der Waals surface area (Å²) < 4.78 is 2.63. The number of fused-ring (bicyclic) bond motifs is 10. The Labute approximate surface area is 190 Å². The summed E-state index contributed by atoms with van der Waals surface area (Å²) in [5, 5.41) is 6.17. The molecule has 2 aliphatic carbocycles. The first kappa shape index (κ1) is 19.0. The number of aromatic nitrogens is 1. The van der Waals surface area contributed by atoms with Crippen LogP contribution >= 0.6 is 0 Å². The van der Waals surface area contributed by atoms with Crippen molar-refractivity contribution in [3.05, 3.63) is 64.7 Å². The molecule has 0 aliphatic heterocycles. The van der Waals surface area contributed by atoms with Gasteiger partial charge in [-0.2, -0.15) is 0 Å². The highest BCUT2D eigenvalue weighted by atomic mass is 14.9. The van der Waals surface area contributed by atoms with Crippen LogP contribution in [0, 0.1) is 0 Å². The van der Waals surface area contributed by atoms with Crippen LogP contribution in [-0.2, 0) is 25.7 Å². The molecule has 0 saturated heterocycles. The van der Waals surface area contributed by atoms with E-state index in [4.69, 9.17) is 0 Å². The van der Waals surface area contributed by atoms with Crippen LogP contribution in [0.1, 0.15) is 80.0 Å². The van der Waals surface area contributed by atoms with E-state index in [1.165, 1.54) is 111 Å². The SMILES string of the molecule is c1ccc2c(c1)c1cc3c(c4c5c6c(ccc5n2c14)CCCCCC6)CCCCCCC3. The molecule has 0 radical (unpaired) electrons. The maximum Gasteiger partial charge on any atom is 0.0623 e. The third-order valence-electron chi connectivity index (χ3n) is 8.53. The zero-order valence-corrected chi connectivity index (χ0v) is 19.2. The summed E-state index contributed by atoms with van der Waals surface area (Å²) in [4.78, 5) is 0. The minimum Gasteiger partial charge on any atom is -0.308 e. The molecule has 2 aliphatic rings. The molecule has 0 saturated carbocycles. The highest BCUT2D eigenvalue weighted by Crippen LogP contribution is 2.45. The Hall–Kier alpha value is -2.54. The highest BCUT2D eigenvalue weighted by molar-refractivity contribution is 6.25. The van der Waals surface area contributed by atoms with Crippen LogP contribution < -0.4 is 0 Å². The number of rotatable bonds is 0. The van der Waals surface area contributed by atoms with Gasteiger partial charge in [0.15, 0.2) is 0 Å². The molecule has 7 rings (SSSR count). The van der Waals surface area contributed by atoms with Gasteiger partial charge in [-0.15, -0.1) is 0 Å². The Kier molecular flexibility index (Phi) is 4.45. The second kappa shape index (κ2) is 7.51. The fraction of sp³-hybridized carbons (Fsp3) is 0.419. The van der Waals surface area contributed by atoms with Gasteiger partial charge < -0.3 is 4.40 Å². The summed E-state index contributed by atoms with van der Waals surface area (Å²) in [7, 11) is 0. The number of nitrogens with zero attached hydrogens (tertiary/aromatic N) is 1. The quantitative estimate of drug-likeness (QED) is 0.237. The molecule has 32 heavy (non-hydrogen) atoms. The molecule has 0 spiro atoms. The summed E-state index contributed by atoms with van der Waals surface area (Å²) in [6.07, 6.45) is 17.4. The van der Waals surface area contributed by atoms with Crippen molar-refractivity contribution in [3.63, 3.8) is 0 Å². The van der Waals surface area contributed by atoms with Crippen LogP contribution in [0.2, 0.25) is 0 Å². The van der Waals surface area contributed by atoms with Crippen LogP contribution in [0.5, 0.6) is 0 Å². The summed E-state index contributed by atoms with van der Waals surface area (Å²) in [5.41, 5.74) is 11.0. The second-order valence-corrected chi connectivity index (χ2v) is 10.4. The average Bonchev–Trinajstić information content (AvgIpc) is 3.33. The van der Waals surface area contributed by atoms with E-state index in [9.17, 15) is 0 Å². The van der Waals surface area contributed by atoms with E-state index >= 15 is 0 Å². The third kappa shape index (κ3) is 2.70. The second-order valence-electron chi connectivity index (χ2n) is 10.4. The van der Waals surface area contributed by atoms with E-state index in [0.717, 1.165) is 0 Å². The Morgan fingerprint density at radius 3 is 1.97 bits per heavy atom. The fourth-order valence-corrected chi connectivity index (χ4v) is 7.03. The minimum absolute atomic E-state index is 1.25. The van der Waals surface area contributed by atoms with Gasteiger partial charge >= 0.3 is 0 Å². The highest BCUT2D eigenvalue weighted by Gasteiger charge is 2.25. The van der Waals surface area contributed by atoms with Crippen molar-refractivity contribution in [2.75, 3.05) is 0 Å². The molecule has 1 heteroatoms. The maximum absolute atomic E-state index is 2.63. The van der Waals surface area contributed by atoms with Gasteiger partial charge in [-0.25, -0.2) is 0 Å². The zero-order valence-electron chi connectivity index (χ0n) is 19.2. The van der Waals surface area contributed by atoms with E-state index in [2.05, 4.69) is 46.9 Å². The van der Waals surface area contributed by atoms with E-state index in [1.54, 1.807) is 33.0 Å². The summed E-state index contributed by atoms with van der Waals surface area (Å²) >= 11 is 0. The molecule has 1 nitrogen and oxygen atoms in total. The third-order valence-corrected chi connectivity index (χ3v) is 8.53. The molecule has 2 aromatic heterocycles. The standard InChI is InChI=1S/C31H33N/c1-2-7-13-22-20-26-25-16-10-11-17-27(25)32-28-19-18-21-12-6-4-5-9-14-23(21)29(28)30(31(26)32)24(22)15-8-3-1/h10-11,16-20H,1-9,12-15H2. The van der Waals surface area contributed by atoms with Crippen LogP contribution in [0.25, 0.3) is 38.1 Å². The summed E-state index contributed by atoms with van der Waals surface area (Å²) in [6, 6.07) is 16.6. The molecule has 0 N–H and O–H groups in total. The van der Waals surface area contributed by atoms with Gasteiger partial charge in [0, 0.05) is 21.5 Å². The van der Waals surface area contributed by atoms with Gasteiger partial charge in [-0.3, -0.25) is 0 Å². The summed E-state index contributed by atoms with van der Waals surface area (Å²) in [5.74, 6) is 0. The van der Waals surface area contributed by atoms with E-state index in [-0.39, 0.29) is 0 Å². The topological polar surface area (TPSA) is 4.41 Å². The van der Waals surface area contributed by atoms with Crippen LogP contribution in [0.15, 0.2) is 42.5 Å². The average molecular weight is 420 g/mol. The number of hydrogen-bond acceptors (Lipinski definition) is 0. The maximum atomic E-state index is 2.63. The molecule has 3 aromatic carbocycles. The smallest absolute Gasteiger partial charge is 0.0623 e. The molecule has 162 valence electrons. The van der Waals surface area contributed by atoms with E-state index in [1.807, 2.05) is 0 Å². The first-order valence-corrected chi connectivity index (χ1v) is 13.2. The number of hydrogen-bond donors (Lipinski definition) is 0. The lowest BCUT2D eigenvalue weighted by molar-refractivity contribution is 0.619. The molecule has 0 fully saturated rings. The van der Waals surface area contributed by atoms with E-state index < -0.39 is 0 Å². The molecule has 2 heterocycles. The Morgan fingerprint density at radius 1 is 0.500 bits per heavy atom. The van der Waals surface area contributed by atoms with Crippen LogP contribution in [-0.4, -0.2) is 4.40 Å². The van der Waals surface area contributed by atoms with Crippen molar-refractivity contribution in [1.29, 1.82) is 0 Å². The summed E-state index contributed by atoms with van der Waals surface area (Å²) in [6.45, 7) is 0. The Morgan fingerprint density at radius 2 is 1.16 bits per heavy atom. The van der Waals surface area contributed by atoms with Crippen molar-refractivity contribution in [2.24, 2.45) is 0 Å². The Bertz CT molecular complexity index is 1450. The molecule has 0 bridgehead atoms. The predicted octanol–water partition coefficient (Wildman–Crippen LogP) is 8.54. The van der Waals surface area contributed by atoms with Gasteiger partial charge in [0.2, 0.25) is 0 Å². The molecule has 0 atom stereocenters. The van der Waals surface area contributed by atoms with Crippen molar-refractivity contribution >= 4 is 38.1 Å². The lowest BCUT2D eigenvalue weighted by atomic mass is 9.87. The predicted molar refractivity (Wildman–Crippen MR) is 137 cm³/mol. The van der Waals surface area contributed by atoms with Gasteiger partial charge in [-0.1, -0.05) is 56.4 Å². The van der Waals surface area contributed by atoms with E-state index in [0.29, 0.717) is 0 Å². The monoisotopic (exact) mass is 419 g/mol. The number of aryl methyl sites for hydroxylation is 4. The lowest BCUT2D eigenvalue weighted by Gasteiger charge is -2.17.